The largest absolute Gasteiger partial charge is 0.387 e. The lowest BCUT2D eigenvalue weighted by molar-refractivity contribution is -0.126. The molecular weight excluding hydrogens is 394 g/mol. The van der Waals surface area contributed by atoms with Crippen molar-refractivity contribution < 1.29 is 14.7 Å². The number of carbonyl (C=O) groups excluding carboxylic acids is 2. The summed E-state index contributed by atoms with van der Waals surface area (Å²) in [4.78, 5) is 28.8. The van der Waals surface area contributed by atoms with Gasteiger partial charge in [-0.15, -0.1) is 0 Å². The molecule has 0 bridgehead atoms. The predicted molar refractivity (Wildman–Crippen MR) is 117 cm³/mol. The van der Waals surface area contributed by atoms with Crippen molar-refractivity contribution in [2.45, 2.75) is 65.5 Å². The second kappa shape index (κ2) is 8.42. The zero-order valence-corrected chi connectivity index (χ0v) is 18.4. The van der Waals surface area contributed by atoms with Crippen LogP contribution in [0, 0.1) is 18.3 Å². The number of carbonyl (C=O) groups is 2. The zero-order valence-electron chi connectivity index (χ0n) is 18.4. The second-order valence-corrected chi connectivity index (χ2v) is 9.66. The standard InChI is InChI=1S/C23H31N5O3/c1-14-10-24-20(8-17(14)18-11-25-28-13-23(2,3)9-19(18)28)27-22(31)15-5-4-6-16(7-15)26-21(30)12-29/h8,10-11,15-16,29H,4-7,9,12-13H2,1-3H3,(H,26,30)(H,24,27,31). The van der Waals surface area contributed by atoms with E-state index in [1.807, 2.05) is 19.2 Å². The fraction of sp³-hybridized carbons (Fsp3) is 0.565. The molecule has 0 aromatic carbocycles. The van der Waals surface area contributed by atoms with Crippen LogP contribution in [0.2, 0.25) is 0 Å². The van der Waals surface area contributed by atoms with Crippen molar-refractivity contribution in [3.05, 3.63) is 29.7 Å². The number of amides is 2. The van der Waals surface area contributed by atoms with Gasteiger partial charge in [-0.05, 0) is 55.2 Å². The van der Waals surface area contributed by atoms with Gasteiger partial charge < -0.3 is 15.7 Å². The lowest BCUT2D eigenvalue weighted by atomic mass is 9.85. The molecule has 2 unspecified atom stereocenters. The number of aryl methyl sites for hydroxylation is 1. The number of rotatable bonds is 5. The van der Waals surface area contributed by atoms with Crippen LogP contribution in [-0.4, -0.2) is 44.3 Å². The first kappa shape index (κ1) is 21.5. The first-order chi connectivity index (χ1) is 14.8. The third kappa shape index (κ3) is 4.63. The summed E-state index contributed by atoms with van der Waals surface area (Å²) >= 11 is 0. The lowest BCUT2D eigenvalue weighted by Gasteiger charge is -2.28. The van der Waals surface area contributed by atoms with Crippen LogP contribution < -0.4 is 10.6 Å². The zero-order chi connectivity index (χ0) is 22.2. The number of hydrogen-bond donors (Lipinski definition) is 3. The molecule has 2 amide bonds. The fourth-order valence-electron chi connectivity index (χ4n) is 4.82. The van der Waals surface area contributed by atoms with E-state index in [4.69, 9.17) is 5.11 Å². The van der Waals surface area contributed by atoms with Gasteiger partial charge in [0.2, 0.25) is 11.8 Å². The highest BCUT2D eigenvalue weighted by molar-refractivity contribution is 5.92. The summed E-state index contributed by atoms with van der Waals surface area (Å²) in [6.07, 6.45) is 7.71. The van der Waals surface area contributed by atoms with Gasteiger partial charge in [-0.3, -0.25) is 14.3 Å². The number of aliphatic hydroxyl groups excluding tert-OH is 1. The lowest BCUT2D eigenvalue weighted by Crippen LogP contribution is -2.42. The minimum absolute atomic E-state index is 0.0772. The molecule has 4 rings (SSSR count). The molecule has 1 saturated carbocycles. The molecular formula is C23H31N5O3. The Labute approximate surface area is 182 Å². The Balaban J connectivity index is 1.48. The Kier molecular flexibility index (Phi) is 5.83. The number of hydrogen-bond acceptors (Lipinski definition) is 5. The van der Waals surface area contributed by atoms with E-state index in [-0.39, 0.29) is 23.3 Å². The highest BCUT2D eigenvalue weighted by Gasteiger charge is 2.32. The number of aromatic nitrogens is 3. The summed E-state index contributed by atoms with van der Waals surface area (Å²) in [7, 11) is 0. The van der Waals surface area contributed by atoms with Crippen molar-refractivity contribution in [2.24, 2.45) is 11.3 Å². The maximum absolute atomic E-state index is 12.9. The number of pyridine rings is 1. The minimum Gasteiger partial charge on any atom is -0.387 e. The number of fused-ring (bicyclic) bond motifs is 1. The average molecular weight is 426 g/mol. The summed E-state index contributed by atoms with van der Waals surface area (Å²) in [6, 6.07) is 1.86. The number of anilines is 1. The molecule has 0 saturated heterocycles. The van der Waals surface area contributed by atoms with Crippen LogP contribution >= 0.6 is 0 Å². The normalized spacial score (nSPS) is 22.1. The first-order valence-electron chi connectivity index (χ1n) is 11.0. The second-order valence-electron chi connectivity index (χ2n) is 9.66. The summed E-state index contributed by atoms with van der Waals surface area (Å²) in [6.45, 7) is 6.90. The summed E-state index contributed by atoms with van der Waals surface area (Å²) in [5.41, 5.74) is 4.61. The van der Waals surface area contributed by atoms with E-state index >= 15 is 0 Å². The van der Waals surface area contributed by atoms with Crippen molar-refractivity contribution in [2.75, 3.05) is 11.9 Å². The van der Waals surface area contributed by atoms with Gasteiger partial charge >= 0.3 is 0 Å². The summed E-state index contributed by atoms with van der Waals surface area (Å²) in [5.74, 6) is -0.130. The quantitative estimate of drug-likeness (QED) is 0.682. The van der Waals surface area contributed by atoms with E-state index in [1.165, 1.54) is 5.69 Å². The number of aliphatic hydroxyl groups is 1. The Morgan fingerprint density at radius 3 is 2.84 bits per heavy atom. The summed E-state index contributed by atoms with van der Waals surface area (Å²) < 4.78 is 2.08. The van der Waals surface area contributed by atoms with Crippen molar-refractivity contribution in [1.82, 2.24) is 20.1 Å². The van der Waals surface area contributed by atoms with Crippen molar-refractivity contribution in [1.29, 1.82) is 0 Å². The van der Waals surface area contributed by atoms with Gasteiger partial charge in [0.15, 0.2) is 0 Å². The smallest absolute Gasteiger partial charge is 0.245 e. The average Bonchev–Trinajstić information content (AvgIpc) is 3.24. The van der Waals surface area contributed by atoms with Crippen LogP contribution in [0.1, 0.15) is 50.8 Å². The third-order valence-corrected chi connectivity index (χ3v) is 6.37. The number of nitrogens with zero attached hydrogens (tertiary/aromatic N) is 3. The van der Waals surface area contributed by atoms with Crippen molar-refractivity contribution >= 4 is 17.6 Å². The van der Waals surface area contributed by atoms with E-state index in [9.17, 15) is 9.59 Å². The van der Waals surface area contributed by atoms with Gasteiger partial charge in [0.1, 0.15) is 12.4 Å². The van der Waals surface area contributed by atoms with Crippen LogP contribution in [0.15, 0.2) is 18.5 Å². The first-order valence-corrected chi connectivity index (χ1v) is 11.0. The molecule has 0 radical (unpaired) electrons. The molecule has 0 spiro atoms. The van der Waals surface area contributed by atoms with Gasteiger partial charge in [0.25, 0.3) is 0 Å². The van der Waals surface area contributed by atoms with Gasteiger partial charge in [-0.25, -0.2) is 4.98 Å². The Hall–Kier alpha value is -2.74. The predicted octanol–water partition coefficient (Wildman–Crippen LogP) is 2.44. The molecule has 2 atom stereocenters. The molecule has 1 aliphatic heterocycles. The SMILES string of the molecule is Cc1cnc(NC(=O)C2CCCC(NC(=O)CO)C2)cc1-c1cnn2c1CC(C)(C)C2. The third-order valence-electron chi connectivity index (χ3n) is 6.37. The van der Waals surface area contributed by atoms with Crippen molar-refractivity contribution in [3.8, 4) is 11.1 Å². The van der Waals surface area contributed by atoms with Crippen LogP contribution in [-0.2, 0) is 22.6 Å². The number of nitrogens with one attached hydrogen (secondary N) is 2. The molecule has 1 fully saturated rings. The molecule has 8 heteroatoms. The van der Waals surface area contributed by atoms with E-state index in [0.29, 0.717) is 12.2 Å². The fourth-order valence-corrected chi connectivity index (χ4v) is 4.82. The molecule has 3 heterocycles. The van der Waals surface area contributed by atoms with Gasteiger partial charge in [-0.1, -0.05) is 20.3 Å². The van der Waals surface area contributed by atoms with Crippen molar-refractivity contribution in [3.63, 3.8) is 0 Å². The van der Waals surface area contributed by atoms with E-state index in [2.05, 4.69) is 39.2 Å². The van der Waals surface area contributed by atoms with Crippen LogP contribution in [0.25, 0.3) is 11.1 Å². The van der Waals surface area contributed by atoms with Crippen LogP contribution in [0.5, 0.6) is 0 Å². The highest BCUT2D eigenvalue weighted by Crippen LogP contribution is 2.38. The van der Waals surface area contributed by atoms with Crippen LogP contribution in [0.4, 0.5) is 5.82 Å². The molecule has 1 aliphatic carbocycles. The molecule has 3 N–H and O–H groups in total. The van der Waals surface area contributed by atoms with Gasteiger partial charge in [0.05, 0.1) is 6.20 Å². The van der Waals surface area contributed by atoms with Crippen LogP contribution in [0.3, 0.4) is 0 Å². The molecule has 166 valence electrons. The van der Waals surface area contributed by atoms with Gasteiger partial charge in [-0.2, -0.15) is 5.10 Å². The van der Waals surface area contributed by atoms with Gasteiger partial charge in [0, 0.05) is 36.0 Å². The summed E-state index contributed by atoms with van der Waals surface area (Å²) in [5, 5.41) is 19.3. The molecule has 2 aliphatic rings. The molecule has 8 nitrogen and oxygen atoms in total. The Morgan fingerprint density at radius 1 is 1.26 bits per heavy atom. The Morgan fingerprint density at radius 2 is 2.06 bits per heavy atom. The maximum atomic E-state index is 12.9. The monoisotopic (exact) mass is 425 g/mol. The maximum Gasteiger partial charge on any atom is 0.245 e. The molecule has 2 aromatic heterocycles. The topological polar surface area (TPSA) is 109 Å². The van der Waals surface area contributed by atoms with E-state index in [1.54, 1.807) is 6.20 Å². The van der Waals surface area contributed by atoms with E-state index < -0.39 is 12.5 Å². The molecule has 2 aromatic rings. The minimum atomic E-state index is -0.529. The highest BCUT2D eigenvalue weighted by atomic mass is 16.3. The van der Waals surface area contributed by atoms with E-state index in [0.717, 1.165) is 48.9 Å². The molecule has 31 heavy (non-hydrogen) atoms. The Bertz CT molecular complexity index is 997.